The van der Waals surface area contributed by atoms with Crippen LogP contribution in [0.3, 0.4) is 0 Å². The van der Waals surface area contributed by atoms with Crippen molar-refractivity contribution < 1.29 is 9.47 Å². The minimum atomic E-state index is 0. The van der Waals surface area contributed by atoms with Gasteiger partial charge < -0.3 is 14.8 Å². The van der Waals surface area contributed by atoms with E-state index in [1.54, 1.807) is 7.11 Å². The van der Waals surface area contributed by atoms with E-state index in [1.165, 1.54) is 24.0 Å². The lowest BCUT2D eigenvalue weighted by Gasteiger charge is -2.25. The van der Waals surface area contributed by atoms with Gasteiger partial charge >= 0.3 is 0 Å². The fourth-order valence-electron chi connectivity index (χ4n) is 3.35. The van der Waals surface area contributed by atoms with E-state index in [-0.39, 0.29) is 12.4 Å². The van der Waals surface area contributed by atoms with Crippen molar-refractivity contribution >= 4 is 12.4 Å². The van der Waals surface area contributed by atoms with Crippen LogP contribution in [0.5, 0.6) is 11.5 Å². The molecule has 3 nitrogen and oxygen atoms in total. The van der Waals surface area contributed by atoms with Gasteiger partial charge in [0.2, 0.25) is 0 Å². The minimum Gasteiger partial charge on any atom is -0.497 e. The number of halogens is 1. The zero-order chi connectivity index (χ0) is 17.3. The smallest absolute Gasteiger partial charge is 0.122 e. The summed E-state index contributed by atoms with van der Waals surface area (Å²) in [5.41, 5.74) is 2.72. The summed E-state index contributed by atoms with van der Waals surface area (Å²) in [6.45, 7) is 2.13. The molecule has 1 fully saturated rings. The van der Waals surface area contributed by atoms with Crippen LogP contribution >= 0.6 is 12.4 Å². The molecule has 1 aliphatic rings. The number of piperidine rings is 1. The number of unbranched alkanes of at least 4 members (excludes halogenated alkanes) is 1. The first-order valence-corrected chi connectivity index (χ1v) is 9.43. The zero-order valence-electron chi connectivity index (χ0n) is 15.6. The van der Waals surface area contributed by atoms with Gasteiger partial charge in [0.05, 0.1) is 7.11 Å². The molecule has 1 heterocycles. The molecule has 0 amide bonds. The Morgan fingerprint density at radius 1 is 0.923 bits per heavy atom. The molecule has 0 radical (unpaired) electrons. The van der Waals surface area contributed by atoms with Crippen LogP contribution in [0.25, 0.3) is 0 Å². The lowest BCUT2D eigenvalue weighted by molar-refractivity contribution is 0.161. The second-order valence-corrected chi connectivity index (χ2v) is 6.73. The van der Waals surface area contributed by atoms with Crippen LogP contribution in [0.4, 0.5) is 0 Å². The molecule has 0 saturated carbocycles. The zero-order valence-corrected chi connectivity index (χ0v) is 16.4. The topological polar surface area (TPSA) is 30.5 Å². The van der Waals surface area contributed by atoms with Crippen molar-refractivity contribution in [3.05, 3.63) is 59.7 Å². The second-order valence-electron chi connectivity index (χ2n) is 6.73. The summed E-state index contributed by atoms with van der Waals surface area (Å²) in [7, 11) is 1.71. The molecule has 0 bridgehead atoms. The highest BCUT2D eigenvalue weighted by molar-refractivity contribution is 5.85. The second kappa shape index (κ2) is 11.1. The van der Waals surface area contributed by atoms with Crippen molar-refractivity contribution in [2.45, 2.75) is 44.6 Å². The van der Waals surface area contributed by atoms with Gasteiger partial charge in [-0.25, -0.2) is 0 Å². The molecular formula is C22H30ClNO2. The summed E-state index contributed by atoms with van der Waals surface area (Å²) < 4.78 is 11.5. The summed E-state index contributed by atoms with van der Waals surface area (Å²) in [6.07, 6.45) is 7.13. The monoisotopic (exact) mass is 375 g/mol. The van der Waals surface area contributed by atoms with Crippen LogP contribution in [-0.2, 0) is 12.8 Å². The molecule has 0 atom stereocenters. The number of nitrogens with one attached hydrogen (secondary N) is 1. The van der Waals surface area contributed by atoms with Crippen molar-refractivity contribution in [1.82, 2.24) is 5.32 Å². The quantitative estimate of drug-likeness (QED) is 0.671. The van der Waals surface area contributed by atoms with Crippen LogP contribution < -0.4 is 14.8 Å². The van der Waals surface area contributed by atoms with Crippen LogP contribution in [0.1, 0.15) is 36.8 Å². The number of aryl methyl sites for hydroxylation is 2. The van der Waals surface area contributed by atoms with E-state index in [9.17, 15) is 0 Å². The minimum absolute atomic E-state index is 0. The van der Waals surface area contributed by atoms with Crippen molar-refractivity contribution in [1.29, 1.82) is 0 Å². The molecule has 3 rings (SSSR count). The van der Waals surface area contributed by atoms with Gasteiger partial charge in [0, 0.05) is 0 Å². The third kappa shape index (κ3) is 6.22. The molecule has 142 valence electrons. The van der Waals surface area contributed by atoms with Gasteiger partial charge in [-0.05, 0) is 80.9 Å². The lowest BCUT2D eigenvalue weighted by Crippen LogP contribution is -2.34. The summed E-state index contributed by atoms with van der Waals surface area (Å²) in [6, 6.07) is 16.9. The molecule has 0 aliphatic carbocycles. The highest BCUT2D eigenvalue weighted by Crippen LogP contribution is 2.24. The largest absolute Gasteiger partial charge is 0.497 e. The number of hydrogen-bond donors (Lipinski definition) is 1. The van der Waals surface area contributed by atoms with Gasteiger partial charge in [-0.2, -0.15) is 0 Å². The van der Waals surface area contributed by atoms with Crippen molar-refractivity contribution in [2.24, 2.45) is 0 Å². The Hall–Kier alpha value is -1.71. The Morgan fingerprint density at radius 3 is 2.35 bits per heavy atom. The first kappa shape index (κ1) is 20.6. The van der Waals surface area contributed by atoms with E-state index in [0.29, 0.717) is 6.10 Å². The molecule has 26 heavy (non-hydrogen) atoms. The number of para-hydroxylation sites is 1. The normalized spacial score (nSPS) is 14.5. The Labute approximate surface area is 163 Å². The van der Waals surface area contributed by atoms with Crippen LogP contribution in [0.15, 0.2) is 48.5 Å². The van der Waals surface area contributed by atoms with Crippen molar-refractivity contribution in [3.63, 3.8) is 0 Å². The average molecular weight is 376 g/mol. The first-order valence-electron chi connectivity index (χ1n) is 9.43. The number of methoxy groups -OCH3 is 1. The number of benzene rings is 2. The van der Waals surface area contributed by atoms with Gasteiger partial charge in [0.25, 0.3) is 0 Å². The van der Waals surface area contributed by atoms with Crippen LogP contribution in [-0.4, -0.2) is 26.3 Å². The summed E-state index contributed by atoms with van der Waals surface area (Å²) in [4.78, 5) is 0. The molecule has 2 aromatic rings. The predicted octanol–water partition coefficient (Wildman–Crippen LogP) is 4.81. The standard InChI is InChI=1S/C22H29NO2.ClH/c1-24-20-12-10-18(11-13-20)6-2-3-7-19-8-4-5-9-22(19)25-21-14-16-23-17-15-21;/h4-5,8-13,21,23H,2-3,6-7,14-17H2,1H3;1H. The lowest BCUT2D eigenvalue weighted by atomic mass is 10.0. The number of rotatable bonds is 8. The molecule has 4 heteroatoms. The van der Waals surface area contributed by atoms with Gasteiger partial charge in [-0.1, -0.05) is 30.3 Å². The summed E-state index contributed by atoms with van der Waals surface area (Å²) in [5.74, 6) is 2.01. The molecule has 2 aromatic carbocycles. The Bertz CT molecular complexity index is 639. The van der Waals surface area contributed by atoms with E-state index < -0.39 is 0 Å². The average Bonchev–Trinajstić information content (AvgIpc) is 2.68. The van der Waals surface area contributed by atoms with Crippen LogP contribution in [0.2, 0.25) is 0 Å². The predicted molar refractivity (Wildman–Crippen MR) is 110 cm³/mol. The van der Waals surface area contributed by atoms with E-state index in [2.05, 4.69) is 41.7 Å². The highest BCUT2D eigenvalue weighted by atomic mass is 35.5. The fraction of sp³-hybridized carbons (Fsp3) is 0.455. The summed E-state index contributed by atoms with van der Waals surface area (Å²) in [5, 5.41) is 3.39. The van der Waals surface area contributed by atoms with Gasteiger partial charge in [-0.15, -0.1) is 12.4 Å². The SMILES string of the molecule is COc1ccc(CCCCc2ccccc2OC2CCNCC2)cc1.Cl. The number of ether oxygens (including phenoxy) is 2. The molecular weight excluding hydrogens is 346 g/mol. The number of hydrogen-bond acceptors (Lipinski definition) is 3. The van der Waals surface area contributed by atoms with Crippen LogP contribution in [0, 0.1) is 0 Å². The van der Waals surface area contributed by atoms with E-state index in [1.807, 2.05) is 12.1 Å². The van der Waals surface area contributed by atoms with Crippen molar-refractivity contribution in [3.8, 4) is 11.5 Å². The summed E-state index contributed by atoms with van der Waals surface area (Å²) >= 11 is 0. The third-order valence-corrected chi connectivity index (χ3v) is 4.87. The molecule has 1 aliphatic heterocycles. The fourth-order valence-corrected chi connectivity index (χ4v) is 3.35. The molecule has 1 saturated heterocycles. The van der Waals surface area contributed by atoms with Gasteiger partial charge in [-0.3, -0.25) is 0 Å². The maximum absolute atomic E-state index is 6.27. The molecule has 0 spiro atoms. The molecule has 1 N–H and O–H groups in total. The van der Waals surface area contributed by atoms with Gasteiger partial charge in [0.15, 0.2) is 0 Å². The Balaban J connectivity index is 0.00000243. The molecule has 0 unspecified atom stereocenters. The van der Waals surface area contributed by atoms with E-state index in [0.717, 1.165) is 50.3 Å². The van der Waals surface area contributed by atoms with E-state index >= 15 is 0 Å². The Kier molecular flexibility index (Phi) is 8.79. The maximum Gasteiger partial charge on any atom is 0.122 e. The third-order valence-electron chi connectivity index (χ3n) is 4.87. The first-order chi connectivity index (χ1) is 12.3. The highest BCUT2D eigenvalue weighted by Gasteiger charge is 2.15. The van der Waals surface area contributed by atoms with Gasteiger partial charge in [0.1, 0.15) is 17.6 Å². The maximum atomic E-state index is 6.27. The van der Waals surface area contributed by atoms with Crippen molar-refractivity contribution in [2.75, 3.05) is 20.2 Å². The molecule has 0 aromatic heterocycles. The van der Waals surface area contributed by atoms with E-state index in [4.69, 9.17) is 9.47 Å². The Morgan fingerprint density at radius 2 is 1.62 bits per heavy atom.